The van der Waals surface area contributed by atoms with Gasteiger partial charge < -0.3 is 9.47 Å². The highest BCUT2D eigenvalue weighted by molar-refractivity contribution is 5.89. The molecule has 0 aliphatic carbocycles. The normalized spacial score (nSPS) is 10.6. The number of hydrogen-bond donors (Lipinski definition) is 0. The van der Waals surface area contributed by atoms with Crippen LogP contribution in [0, 0.1) is 11.8 Å². The molecule has 3 heteroatoms. The average Bonchev–Trinajstić information content (AvgIpc) is 2.58. The number of benzene rings is 2. The summed E-state index contributed by atoms with van der Waals surface area (Å²) in [6.45, 7) is 8.35. The van der Waals surface area contributed by atoms with E-state index in [1.165, 1.54) is 0 Å². The van der Waals surface area contributed by atoms with E-state index in [2.05, 4.69) is 18.8 Å². The largest absolute Gasteiger partial charge is 0.494 e. The second kappa shape index (κ2) is 8.39. The van der Waals surface area contributed by atoms with Gasteiger partial charge in [-0.05, 0) is 75.7 Å². The van der Waals surface area contributed by atoms with E-state index in [4.69, 9.17) is 9.47 Å². The number of ether oxygens (including phenoxy) is 2. The zero-order valence-electron chi connectivity index (χ0n) is 15.3. The Kier molecular flexibility index (Phi) is 6.25. The maximum Gasteiger partial charge on any atom is 0.338 e. The fourth-order valence-electron chi connectivity index (χ4n) is 2.03. The molecular weight excluding hydrogens is 312 g/mol. The van der Waals surface area contributed by atoms with Crippen LogP contribution in [-0.4, -0.2) is 18.2 Å². The van der Waals surface area contributed by atoms with E-state index in [0.29, 0.717) is 5.56 Å². The third-order valence-electron chi connectivity index (χ3n) is 3.20. The Bertz CT molecular complexity index is 754. The van der Waals surface area contributed by atoms with E-state index >= 15 is 0 Å². The van der Waals surface area contributed by atoms with Crippen LogP contribution in [0.5, 0.6) is 5.75 Å². The van der Waals surface area contributed by atoms with Crippen molar-refractivity contribution in [1.82, 2.24) is 0 Å². The Morgan fingerprint density at radius 2 is 1.44 bits per heavy atom. The highest BCUT2D eigenvalue weighted by atomic mass is 16.6. The molecule has 0 fully saturated rings. The molecule has 3 nitrogen and oxygen atoms in total. The van der Waals surface area contributed by atoms with Gasteiger partial charge in [0.15, 0.2) is 0 Å². The number of hydrogen-bond acceptors (Lipinski definition) is 3. The Labute approximate surface area is 150 Å². The van der Waals surface area contributed by atoms with Gasteiger partial charge in [-0.3, -0.25) is 0 Å². The summed E-state index contributed by atoms with van der Waals surface area (Å²) in [5.41, 5.74) is 1.79. The fourth-order valence-corrected chi connectivity index (χ4v) is 2.03. The van der Waals surface area contributed by atoms with Crippen LogP contribution in [0.3, 0.4) is 0 Å². The lowest BCUT2D eigenvalue weighted by Gasteiger charge is -2.19. The average molecular weight is 336 g/mol. The molecule has 0 saturated carbocycles. The van der Waals surface area contributed by atoms with Crippen molar-refractivity contribution in [2.75, 3.05) is 6.61 Å². The van der Waals surface area contributed by atoms with Crippen LogP contribution >= 0.6 is 0 Å². The van der Waals surface area contributed by atoms with Gasteiger partial charge in [-0.2, -0.15) is 0 Å². The Balaban J connectivity index is 2.02. The first-order valence-corrected chi connectivity index (χ1v) is 8.46. The summed E-state index contributed by atoms with van der Waals surface area (Å²) in [4.78, 5) is 12.0. The third kappa shape index (κ3) is 6.35. The van der Waals surface area contributed by atoms with Crippen molar-refractivity contribution in [3.8, 4) is 17.6 Å². The summed E-state index contributed by atoms with van der Waals surface area (Å²) in [6, 6.07) is 14.8. The van der Waals surface area contributed by atoms with Crippen LogP contribution in [0.25, 0.3) is 0 Å². The molecule has 0 saturated heterocycles. The fraction of sp³-hybridized carbons (Fsp3) is 0.318. The first-order chi connectivity index (χ1) is 11.9. The number of carbonyl (C=O) groups is 1. The van der Waals surface area contributed by atoms with Gasteiger partial charge in [0.25, 0.3) is 0 Å². The van der Waals surface area contributed by atoms with Crippen LogP contribution in [-0.2, 0) is 4.74 Å². The van der Waals surface area contributed by atoms with Crippen LogP contribution in [0.15, 0.2) is 48.5 Å². The molecule has 0 amide bonds. The van der Waals surface area contributed by atoms with E-state index in [-0.39, 0.29) is 5.97 Å². The second-order valence-electron chi connectivity index (χ2n) is 6.70. The maximum absolute atomic E-state index is 12.0. The van der Waals surface area contributed by atoms with Gasteiger partial charge in [0.1, 0.15) is 11.4 Å². The van der Waals surface area contributed by atoms with Crippen molar-refractivity contribution in [2.24, 2.45) is 0 Å². The molecule has 0 aliphatic heterocycles. The predicted octanol–water partition coefficient (Wildman–Crippen LogP) is 4.83. The lowest BCUT2D eigenvalue weighted by atomic mass is 10.1. The van der Waals surface area contributed by atoms with Crippen LogP contribution in [0.4, 0.5) is 0 Å². The first kappa shape index (κ1) is 18.6. The molecular formula is C22H24O3. The SMILES string of the molecule is CCCOc1ccc(C#Cc2ccc(C(=O)OC(C)(C)C)cc2)cc1. The van der Waals surface area contributed by atoms with Crippen molar-refractivity contribution in [3.63, 3.8) is 0 Å². The minimum absolute atomic E-state index is 0.324. The lowest BCUT2D eigenvalue weighted by molar-refractivity contribution is 0.00695. The smallest absolute Gasteiger partial charge is 0.338 e. The quantitative estimate of drug-likeness (QED) is 0.592. The molecule has 2 aromatic carbocycles. The molecule has 2 rings (SSSR count). The van der Waals surface area contributed by atoms with Gasteiger partial charge in [-0.1, -0.05) is 18.8 Å². The molecule has 0 spiro atoms. The summed E-state index contributed by atoms with van der Waals surface area (Å²) in [6.07, 6.45) is 0.987. The summed E-state index contributed by atoms with van der Waals surface area (Å²) >= 11 is 0. The molecule has 0 atom stereocenters. The van der Waals surface area contributed by atoms with Crippen molar-refractivity contribution in [1.29, 1.82) is 0 Å². The molecule has 0 bridgehead atoms. The lowest BCUT2D eigenvalue weighted by Crippen LogP contribution is -2.23. The molecule has 0 unspecified atom stereocenters. The zero-order valence-corrected chi connectivity index (χ0v) is 15.3. The van der Waals surface area contributed by atoms with Gasteiger partial charge in [-0.25, -0.2) is 4.79 Å². The number of esters is 1. The van der Waals surface area contributed by atoms with E-state index < -0.39 is 5.60 Å². The van der Waals surface area contributed by atoms with Gasteiger partial charge in [0, 0.05) is 11.1 Å². The molecule has 0 aliphatic rings. The van der Waals surface area contributed by atoms with Crippen molar-refractivity contribution >= 4 is 5.97 Å². The standard InChI is InChI=1S/C22H24O3/c1-5-16-24-20-14-10-18(11-15-20)7-6-17-8-12-19(13-9-17)21(23)25-22(2,3)4/h8-15H,5,16H2,1-4H3. The molecule has 0 N–H and O–H groups in total. The minimum Gasteiger partial charge on any atom is -0.494 e. The summed E-state index contributed by atoms with van der Waals surface area (Å²) < 4.78 is 10.9. The van der Waals surface area contributed by atoms with E-state index in [1.807, 2.05) is 57.2 Å². The highest BCUT2D eigenvalue weighted by Gasteiger charge is 2.17. The highest BCUT2D eigenvalue weighted by Crippen LogP contribution is 2.14. The number of rotatable bonds is 4. The van der Waals surface area contributed by atoms with Gasteiger partial charge in [0.05, 0.1) is 12.2 Å². The maximum atomic E-state index is 12.0. The van der Waals surface area contributed by atoms with Crippen molar-refractivity contribution in [2.45, 2.75) is 39.7 Å². The van der Waals surface area contributed by atoms with Crippen LogP contribution < -0.4 is 4.74 Å². The summed E-state index contributed by atoms with van der Waals surface area (Å²) in [5.74, 6) is 6.74. The predicted molar refractivity (Wildman–Crippen MR) is 99.8 cm³/mol. The second-order valence-corrected chi connectivity index (χ2v) is 6.70. The Hall–Kier alpha value is -2.73. The first-order valence-electron chi connectivity index (χ1n) is 8.46. The molecule has 0 aromatic heterocycles. The monoisotopic (exact) mass is 336 g/mol. The van der Waals surface area contributed by atoms with Crippen molar-refractivity contribution < 1.29 is 14.3 Å². The Morgan fingerprint density at radius 1 is 0.920 bits per heavy atom. The molecule has 2 aromatic rings. The summed E-state index contributed by atoms with van der Waals surface area (Å²) in [5, 5.41) is 0. The molecule has 0 radical (unpaired) electrons. The van der Waals surface area contributed by atoms with E-state index in [0.717, 1.165) is 29.9 Å². The third-order valence-corrected chi connectivity index (χ3v) is 3.20. The van der Waals surface area contributed by atoms with Crippen LogP contribution in [0.2, 0.25) is 0 Å². The molecule has 130 valence electrons. The van der Waals surface area contributed by atoms with E-state index in [9.17, 15) is 4.79 Å². The van der Waals surface area contributed by atoms with E-state index in [1.54, 1.807) is 12.1 Å². The van der Waals surface area contributed by atoms with Gasteiger partial charge in [0.2, 0.25) is 0 Å². The zero-order chi connectivity index (χ0) is 18.3. The van der Waals surface area contributed by atoms with Crippen LogP contribution in [0.1, 0.15) is 55.6 Å². The minimum atomic E-state index is -0.497. The van der Waals surface area contributed by atoms with Gasteiger partial charge in [-0.15, -0.1) is 0 Å². The van der Waals surface area contributed by atoms with Crippen molar-refractivity contribution in [3.05, 3.63) is 65.2 Å². The number of carbonyl (C=O) groups excluding carboxylic acids is 1. The molecule has 25 heavy (non-hydrogen) atoms. The molecule has 0 heterocycles. The van der Waals surface area contributed by atoms with Gasteiger partial charge >= 0.3 is 5.97 Å². The Morgan fingerprint density at radius 3 is 1.92 bits per heavy atom. The topological polar surface area (TPSA) is 35.5 Å². The summed E-state index contributed by atoms with van der Waals surface area (Å²) in [7, 11) is 0.